The zero-order chi connectivity index (χ0) is 18.0. The van der Waals surface area contributed by atoms with Gasteiger partial charge in [-0.3, -0.25) is 9.48 Å². The van der Waals surface area contributed by atoms with Crippen molar-refractivity contribution in [2.45, 2.75) is 20.4 Å². The fourth-order valence-corrected chi connectivity index (χ4v) is 2.96. The van der Waals surface area contributed by atoms with E-state index in [0.29, 0.717) is 5.02 Å². The topological polar surface area (TPSA) is 38.1 Å². The molecule has 0 atom stereocenters. The molecular formula is C20H20ClN3O. The van der Waals surface area contributed by atoms with Crippen molar-refractivity contribution < 1.29 is 4.79 Å². The number of hydrogen-bond acceptors (Lipinski definition) is 2. The molecule has 0 bridgehead atoms. The minimum Gasteiger partial charge on any atom is -0.313 e. The van der Waals surface area contributed by atoms with Gasteiger partial charge in [-0.25, -0.2) is 0 Å². The Morgan fingerprint density at radius 3 is 2.36 bits per heavy atom. The van der Waals surface area contributed by atoms with Crippen LogP contribution in [0.4, 0.5) is 5.69 Å². The smallest absolute Gasteiger partial charge is 0.248 e. The highest BCUT2D eigenvalue weighted by atomic mass is 35.5. The Kier molecular flexibility index (Phi) is 4.91. The summed E-state index contributed by atoms with van der Waals surface area (Å²) in [6.45, 7) is 3.86. The Morgan fingerprint density at radius 2 is 1.72 bits per heavy atom. The second-order valence-corrected chi connectivity index (χ2v) is 6.36. The van der Waals surface area contributed by atoms with E-state index in [1.807, 2.05) is 68.4 Å². The van der Waals surface area contributed by atoms with Crippen LogP contribution in [0.15, 0.2) is 54.6 Å². The number of rotatable bonds is 4. The maximum Gasteiger partial charge on any atom is 0.248 e. The summed E-state index contributed by atoms with van der Waals surface area (Å²) in [5.41, 5.74) is 4.50. The van der Waals surface area contributed by atoms with Crippen LogP contribution in [0.25, 0.3) is 11.1 Å². The van der Waals surface area contributed by atoms with Crippen LogP contribution >= 0.6 is 11.6 Å². The molecule has 1 amide bonds. The summed E-state index contributed by atoms with van der Waals surface area (Å²) >= 11 is 6.18. The highest BCUT2D eigenvalue weighted by molar-refractivity contribution is 6.31. The monoisotopic (exact) mass is 353 g/mol. The van der Waals surface area contributed by atoms with Crippen molar-refractivity contribution in [1.29, 1.82) is 0 Å². The lowest BCUT2D eigenvalue weighted by molar-refractivity contribution is -0.119. The van der Waals surface area contributed by atoms with E-state index in [1.54, 1.807) is 16.6 Å². The van der Waals surface area contributed by atoms with Crippen LogP contribution < -0.4 is 4.90 Å². The number of halogens is 1. The number of benzene rings is 2. The third-order valence-corrected chi connectivity index (χ3v) is 4.85. The van der Waals surface area contributed by atoms with Gasteiger partial charge in [0.1, 0.15) is 6.54 Å². The number of carbonyl (C=O) groups excluding carboxylic acids is 1. The lowest BCUT2D eigenvalue weighted by Gasteiger charge is -2.21. The first kappa shape index (κ1) is 17.2. The lowest BCUT2D eigenvalue weighted by atomic mass is 10.0. The summed E-state index contributed by atoms with van der Waals surface area (Å²) in [6, 6.07) is 17.9. The van der Waals surface area contributed by atoms with Gasteiger partial charge >= 0.3 is 0 Å². The van der Waals surface area contributed by atoms with E-state index in [0.717, 1.165) is 28.2 Å². The highest BCUT2D eigenvalue weighted by Crippen LogP contribution is 2.30. The fourth-order valence-electron chi connectivity index (χ4n) is 2.83. The van der Waals surface area contributed by atoms with Gasteiger partial charge in [0, 0.05) is 12.6 Å². The molecule has 0 aliphatic carbocycles. The Balaban J connectivity index is 1.89. The van der Waals surface area contributed by atoms with Gasteiger partial charge in [0.25, 0.3) is 0 Å². The molecule has 2 aromatic carbocycles. The first-order valence-corrected chi connectivity index (χ1v) is 8.47. The predicted octanol–water partition coefficient (Wildman–Crippen LogP) is 4.48. The van der Waals surface area contributed by atoms with Crippen molar-refractivity contribution in [1.82, 2.24) is 9.78 Å². The number of nitrogens with zero attached hydrogens (tertiary/aromatic N) is 3. The van der Waals surface area contributed by atoms with Crippen LogP contribution in [0.1, 0.15) is 11.4 Å². The molecule has 1 heterocycles. The van der Waals surface area contributed by atoms with Crippen molar-refractivity contribution in [3.63, 3.8) is 0 Å². The maximum absolute atomic E-state index is 12.8. The van der Waals surface area contributed by atoms with Crippen LogP contribution in [0.2, 0.25) is 5.02 Å². The van der Waals surface area contributed by atoms with Crippen LogP contribution in [0.3, 0.4) is 0 Å². The van der Waals surface area contributed by atoms with E-state index < -0.39 is 0 Å². The largest absolute Gasteiger partial charge is 0.313 e. The van der Waals surface area contributed by atoms with E-state index in [4.69, 9.17) is 11.6 Å². The predicted molar refractivity (Wildman–Crippen MR) is 102 cm³/mol. The van der Waals surface area contributed by atoms with Gasteiger partial charge in [-0.15, -0.1) is 0 Å². The Morgan fingerprint density at radius 1 is 1.08 bits per heavy atom. The number of anilines is 1. The molecule has 0 fully saturated rings. The van der Waals surface area contributed by atoms with Crippen molar-refractivity contribution in [2.75, 3.05) is 11.9 Å². The zero-order valence-corrected chi connectivity index (χ0v) is 15.3. The van der Waals surface area contributed by atoms with Gasteiger partial charge in [-0.05, 0) is 25.5 Å². The summed E-state index contributed by atoms with van der Waals surface area (Å²) in [6.07, 6.45) is 0. The van der Waals surface area contributed by atoms with Gasteiger partial charge in [-0.2, -0.15) is 5.10 Å². The minimum absolute atomic E-state index is 0.0503. The quantitative estimate of drug-likeness (QED) is 0.693. The van der Waals surface area contributed by atoms with Gasteiger partial charge in [0.2, 0.25) is 5.91 Å². The molecule has 3 aromatic rings. The number of hydrogen-bond donors (Lipinski definition) is 0. The number of carbonyl (C=O) groups is 1. The molecule has 0 N–H and O–H groups in total. The average Bonchev–Trinajstić information content (AvgIpc) is 2.88. The maximum atomic E-state index is 12.8. The van der Waals surface area contributed by atoms with Crippen molar-refractivity contribution in [3.05, 3.63) is 71.0 Å². The number of para-hydroxylation sites is 1. The molecule has 128 valence electrons. The van der Waals surface area contributed by atoms with E-state index in [2.05, 4.69) is 5.10 Å². The summed E-state index contributed by atoms with van der Waals surface area (Å²) in [5.74, 6) is -0.0503. The Hall–Kier alpha value is -2.59. The first-order valence-electron chi connectivity index (χ1n) is 8.09. The molecule has 0 aliphatic heterocycles. The van der Waals surface area contributed by atoms with Crippen molar-refractivity contribution in [2.24, 2.45) is 0 Å². The van der Waals surface area contributed by atoms with E-state index in [-0.39, 0.29) is 12.5 Å². The molecule has 0 saturated carbocycles. The summed E-state index contributed by atoms with van der Waals surface area (Å²) in [5, 5.41) is 4.95. The molecular weight excluding hydrogens is 334 g/mol. The average molecular weight is 354 g/mol. The molecule has 0 aliphatic rings. The van der Waals surface area contributed by atoms with Gasteiger partial charge in [0.05, 0.1) is 22.1 Å². The van der Waals surface area contributed by atoms with Gasteiger partial charge in [-0.1, -0.05) is 60.1 Å². The lowest BCUT2D eigenvalue weighted by Crippen LogP contribution is -2.31. The minimum atomic E-state index is -0.0503. The molecule has 4 nitrogen and oxygen atoms in total. The zero-order valence-electron chi connectivity index (χ0n) is 14.5. The molecule has 0 radical (unpaired) electrons. The SMILES string of the molecule is Cc1nn(CC(=O)N(C)c2ccccc2-c2ccccc2)c(C)c1Cl. The second kappa shape index (κ2) is 7.11. The van der Waals surface area contributed by atoms with Gasteiger partial charge in [0.15, 0.2) is 0 Å². The number of aromatic nitrogens is 2. The first-order chi connectivity index (χ1) is 12.0. The Bertz CT molecular complexity index is 903. The third kappa shape index (κ3) is 3.44. The van der Waals surface area contributed by atoms with Crippen molar-refractivity contribution >= 4 is 23.2 Å². The van der Waals surface area contributed by atoms with E-state index in [1.165, 1.54) is 0 Å². The summed E-state index contributed by atoms with van der Waals surface area (Å²) < 4.78 is 1.65. The van der Waals surface area contributed by atoms with Crippen LogP contribution in [-0.4, -0.2) is 22.7 Å². The molecule has 5 heteroatoms. The number of aryl methyl sites for hydroxylation is 1. The molecule has 25 heavy (non-hydrogen) atoms. The molecule has 3 rings (SSSR count). The standard InChI is InChI=1S/C20H20ClN3O/c1-14-20(21)15(2)24(22-14)13-19(25)23(3)18-12-8-7-11-17(18)16-9-5-4-6-10-16/h4-12H,13H2,1-3H3. The summed E-state index contributed by atoms with van der Waals surface area (Å²) in [4.78, 5) is 14.5. The highest BCUT2D eigenvalue weighted by Gasteiger charge is 2.18. The molecule has 0 unspecified atom stereocenters. The normalized spacial score (nSPS) is 10.7. The number of amides is 1. The second-order valence-electron chi connectivity index (χ2n) is 5.98. The van der Waals surface area contributed by atoms with E-state index >= 15 is 0 Å². The van der Waals surface area contributed by atoms with Crippen LogP contribution in [-0.2, 0) is 11.3 Å². The molecule has 0 saturated heterocycles. The van der Waals surface area contributed by atoms with Crippen LogP contribution in [0.5, 0.6) is 0 Å². The van der Waals surface area contributed by atoms with E-state index in [9.17, 15) is 4.79 Å². The third-order valence-electron chi connectivity index (χ3n) is 4.30. The molecule has 0 spiro atoms. The van der Waals surface area contributed by atoms with Gasteiger partial charge < -0.3 is 4.90 Å². The van der Waals surface area contributed by atoms with Crippen molar-refractivity contribution in [3.8, 4) is 11.1 Å². The summed E-state index contributed by atoms with van der Waals surface area (Å²) in [7, 11) is 1.79. The molecule has 1 aromatic heterocycles. The number of likely N-dealkylation sites (N-methyl/N-ethyl adjacent to an activating group) is 1. The fraction of sp³-hybridized carbons (Fsp3) is 0.200. The Labute approximate surface area is 152 Å². The van der Waals surface area contributed by atoms with Crippen LogP contribution in [0, 0.1) is 13.8 Å².